The number of aliphatic hydroxyl groups excluding tert-OH is 1. The topological polar surface area (TPSA) is 20.2 Å². The Morgan fingerprint density at radius 2 is 2.15 bits per heavy atom. The van der Waals surface area contributed by atoms with Crippen LogP contribution in [0.3, 0.4) is 0 Å². The standard InChI is InChI=1S/C10H15FOS/c1-2-3-8(12)6-9-4-5-10(7-11)13-9/h4-5,8,12H,2-3,6-7H2,1H3. The molecule has 1 unspecified atom stereocenters. The highest BCUT2D eigenvalue weighted by molar-refractivity contribution is 7.11. The van der Waals surface area contributed by atoms with Crippen LogP contribution in [-0.4, -0.2) is 11.2 Å². The normalized spacial score (nSPS) is 13.2. The van der Waals surface area contributed by atoms with Crippen LogP contribution in [-0.2, 0) is 13.1 Å². The van der Waals surface area contributed by atoms with Crippen molar-refractivity contribution in [2.24, 2.45) is 0 Å². The highest BCUT2D eigenvalue weighted by Crippen LogP contribution is 2.19. The van der Waals surface area contributed by atoms with Gasteiger partial charge in [0, 0.05) is 16.2 Å². The molecule has 0 fully saturated rings. The lowest BCUT2D eigenvalue weighted by Crippen LogP contribution is -2.08. The molecule has 0 aliphatic rings. The Bertz CT molecular complexity index is 247. The summed E-state index contributed by atoms with van der Waals surface area (Å²) in [5.41, 5.74) is 0. The maximum atomic E-state index is 12.2. The van der Waals surface area contributed by atoms with Crippen LogP contribution in [0.5, 0.6) is 0 Å². The van der Waals surface area contributed by atoms with E-state index in [1.165, 1.54) is 11.3 Å². The summed E-state index contributed by atoms with van der Waals surface area (Å²) in [6, 6.07) is 3.69. The van der Waals surface area contributed by atoms with Crippen LogP contribution in [0.4, 0.5) is 4.39 Å². The number of halogens is 1. The largest absolute Gasteiger partial charge is 0.393 e. The van der Waals surface area contributed by atoms with E-state index in [9.17, 15) is 9.50 Å². The lowest BCUT2D eigenvalue weighted by Gasteiger charge is -2.06. The van der Waals surface area contributed by atoms with Crippen molar-refractivity contribution in [2.45, 2.75) is 39.0 Å². The van der Waals surface area contributed by atoms with E-state index in [4.69, 9.17) is 0 Å². The van der Waals surface area contributed by atoms with Gasteiger partial charge in [-0.2, -0.15) is 0 Å². The van der Waals surface area contributed by atoms with E-state index in [2.05, 4.69) is 0 Å². The van der Waals surface area contributed by atoms with Gasteiger partial charge in [-0.25, -0.2) is 4.39 Å². The second-order valence-electron chi connectivity index (χ2n) is 3.15. The summed E-state index contributed by atoms with van der Waals surface area (Å²) in [5, 5.41) is 9.50. The van der Waals surface area contributed by atoms with E-state index in [0.717, 1.165) is 22.6 Å². The van der Waals surface area contributed by atoms with Gasteiger partial charge in [0.1, 0.15) is 6.67 Å². The first-order chi connectivity index (χ1) is 6.26. The molecular weight excluding hydrogens is 187 g/mol. The summed E-state index contributed by atoms with van der Waals surface area (Å²) >= 11 is 1.45. The molecule has 1 heterocycles. The number of thiophene rings is 1. The maximum Gasteiger partial charge on any atom is 0.124 e. The highest BCUT2D eigenvalue weighted by atomic mass is 32.1. The molecule has 1 aromatic rings. The first kappa shape index (κ1) is 10.7. The van der Waals surface area contributed by atoms with E-state index in [1.807, 2.05) is 13.0 Å². The molecule has 0 saturated carbocycles. The summed E-state index contributed by atoms with van der Waals surface area (Å²) in [5.74, 6) is 0. The quantitative estimate of drug-likeness (QED) is 0.778. The molecule has 1 nitrogen and oxygen atoms in total. The molecular formula is C10H15FOS. The molecule has 74 valence electrons. The maximum absolute atomic E-state index is 12.2. The molecule has 13 heavy (non-hydrogen) atoms. The third-order valence-corrected chi connectivity index (χ3v) is 2.98. The van der Waals surface area contributed by atoms with Crippen LogP contribution < -0.4 is 0 Å². The SMILES string of the molecule is CCCC(O)Cc1ccc(CF)s1. The van der Waals surface area contributed by atoms with Gasteiger partial charge in [0.05, 0.1) is 6.10 Å². The second-order valence-corrected chi connectivity index (χ2v) is 4.40. The van der Waals surface area contributed by atoms with Crippen molar-refractivity contribution in [3.63, 3.8) is 0 Å². The molecule has 0 bridgehead atoms. The Kier molecular flexibility index (Phi) is 4.39. The zero-order valence-corrected chi connectivity index (χ0v) is 8.61. The molecule has 0 aliphatic carbocycles. The molecule has 3 heteroatoms. The van der Waals surface area contributed by atoms with Gasteiger partial charge in [0.15, 0.2) is 0 Å². The average Bonchev–Trinajstić information content (AvgIpc) is 2.52. The molecule has 1 aromatic heterocycles. The Morgan fingerprint density at radius 1 is 1.46 bits per heavy atom. The summed E-state index contributed by atoms with van der Waals surface area (Å²) in [6.07, 6.45) is 2.21. The van der Waals surface area contributed by atoms with Crippen LogP contribution >= 0.6 is 11.3 Å². The van der Waals surface area contributed by atoms with Crippen molar-refractivity contribution in [1.29, 1.82) is 0 Å². The van der Waals surface area contributed by atoms with Crippen molar-refractivity contribution < 1.29 is 9.50 Å². The number of aliphatic hydroxyl groups is 1. The van der Waals surface area contributed by atoms with Crippen LogP contribution in [0, 0.1) is 0 Å². The minimum atomic E-state index is -0.394. The third kappa shape index (κ3) is 3.44. The van der Waals surface area contributed by atoms with E-state index >= 15 is 0 Å². The van der Waals surface area contributed by atoms with Crippen LogP contribution in [0.1, 0.15) is 29.5 Å². The molecule has 1 atom stereocenters. The van der Waals surface area contributed by atoms with Crippen molar-refractivity contribution in [1.82, 2.24) is 0 Å². The molecule has 0 spiro atoms. The molecule has 1 N–H and O–H groups in total. The van der Waals surface area contributed by atoms with Crippen molar-refractivity contribution >= 4 is 11.3 Å². The molecule has 0 radical (unpaired) electrons. The highest BCUT2D eigenvalue weighted by Gasteiger charge is 2.06. The van der Waals surface area contributed by atoms with Crippen LogP contribution in [0.15, 0.2) is 12.1 Å². The number of hydrogen-bond donors (Lipinski definition) is 1. The minimum absolute atomic E-state index is 0.267. The molecule has 1 rings (SSSR count). The van der Waals surface area contributed by atoms with E-state index in [-0.39, 0.29) is 6.10 Å². The fraction of sp³-hybridized carbons (Fsp3) is 0.600. The number of hydrogen-bond acceptors (Lipinski definition) is 2. The molecule has 0 aliphatic heterocycles. The van der Waals surface area contributed by atoms with Gasteiger partial charge < -0.3 is 5.11 Å². The summed E-state index contributed by atoms with van der Waals surface area (Å²) in [7, 11) is 0. The fourth-order valence-electron chi connectivity index (χ4n) is 1.27. The third-order valence-electron chi connectivity index (χ3n) is 1.91. The second kappa shape index (κ2) is 5.35. The summed E-state index contributed by atoms with van der Waals surface area (Å²) < 4.78 is 12.2. The predicted octanol–water partition coefficient (Wildman–Crippen LogP) is 2.92. The van der Waals surface area contributed by atoms with E-state index in [1.54, 1.807) is 6.07 Å². The lowest BCUT2D eigenvalue weighted by atomic mass is 10.1. The van der Waals surface area contributed by atoms with Crippen molar-refractivity contribution in [3.05, 3.63) is 21.9 Å². The van der Waals surface area contributed by atoms with Gasteiger partial charge in [-0.3, -0.25) is 0 Å². The average molecular weight is 202 g/mol. The smallest absolute Gasteiger partial charge is 0.124 e. The predicted molar refractivity (Wildman–Crippen MR) is 53.7 cm³/mol. The van der Waals surface area contributed by atoms with Gasteiger partial charge >= 0.3 is 0 Å². The van der Waals surface area contributed by atoms with Gasteiger partial charge in [-0.1, -0.05) is 13.3 Å². The molecule has 0 saturated heterocycles. The van der Waals surface area contributed by atoms with E-state index < -0.39 is 6.67 Å². The zero-order chi connectivity index (χ0) is 9.68. The zero-order valence-electron chi connectivity index (χ0n) is 7.79. The first-order valence-electron chi connectivity index (χ1n) is 4.58. The van der Waals surface area contributed by atoms with Crippen molar-refractivity contribution in [3.8, 4) is 0 Å². The summed E-state index contributed by atoms with van der Waals surface area (Å²) in [6.45, 7) is 1.65. The lowest BCUT2D eigenvalue weighted by molar-refractivity contribution is 0.165. The van der Waals surface area contributed by atoms with Gasteiger partial charge in [-0.15, -0.1) is 11.3 Å². The molecule has 0 amide bonds. The number of alkyl halides is 1. The van der Waals surface area contributed by atoms with Gasteiger partial charge in [-0.05, 0) is 18.6 Å². The molecule has 0 aromatic carbocycles. The Labute approximate surface area is 82.2 Å². The Morgan fingerprint density at radius 3 is 2.69 bits per heavy atom. The minimum Gasteiger partial charge on any atom is -0.393 e. The number of rotatable bonds is 5. The van der Waals surface area contributed by atoms with Gasteiger partial charge in [0.2, 0.25) is 0 Å². The first-order valence-corrected chi connectivity index (χ1v) is 5.39. The Balaban J connectivity index is 2.44. The van der Waals surface area contributed by atoms with Crippen molar-refractivity contribution in [2.75, 3.05) is 0 Å². The van der Waals surface area contributed by atoms with Crippen LogP contribution in [0.2, 0.25) is 0 Å². The monoisotopic (exact) mass is 202 g/mol. The summed E-state index contributed by atoms with van der Waals surface area (Å²) in [4.78, 5) is 1.83. The van der Waals surface area contributed by atoms with E-state index in [0.29, 0.717) is 6.42 Å². The fourth-order valence-corrected chi connectivity index (χ4v) is 2.21. The van der Waals surface area contributed by atoms with Gasteiger partial charge in [0.25, 0.3) is 0 Å². The Hall–Kier alpha value is -0.410. The van der Waals surface area contributed by atoms with Crippen LogP contribution in [0.25, 0.3) is 0 Å².